The maximum atomic E-state index is 14.9. The van der Waals surface area contributed by atoms with Gasteiger partial charge in [-0.05, 0) is 43.6 Å². The molecule has 0 radical (unpaired) electrons. The molecular formula is C20H21F2N5O2S2. The number of halogens is 2. The van der Waals surface area contributed by atoms with Crippen LogP contribution in [0.15, 0.2) is 41.6 Å². The second-order valence-electron chi connectivity index (χ2n) is 7.28. The third-order valence-corrected chi connectivity index (χ3v) is 7.29. The minimum Gasteiger partial charge on any atom is -0.381 e. The van der Waals surface area contributed by atoms with Crippen LogP contribution in [0.4, 0.5) is 19.6 Å². The summed E-state index contributed by atoms with van der Waals surface area (Å²) >= 11 is 0.768. The Morgan fingerprint density at radius 1 is 1.19 bits per heavy atom. The predicted molar refractivity (Wildman–Crippen MR) is 115 cm³/mol. The first-order valence-corrected chi connectivity index (χ1v) is 11.9. The molecule has 0 spiro atoms. The van der Waals surface area contributed by atoms with Crippen molar-refractivity contribution in [2.75, 3.05) is 23.1 Å². The number of benzene rings is 2. The summed E-state index contributed by atoms with van der Waals surface area (Å²) in [4.78, 5) is 4.97. The normalized spacial score (nSPS) is 14.3. The molecule has 4 rings (SSSR count). The third kappa shape index (κ3) is 4.68. The van der Waals surface area contributed by atoms with Crippen LogP contribution in [0, 0.1) is 18.6 Å². The SMILES string of the molecule is Cc1c(NCc2ccccc2CN2CCC2)cc(F)c(S(=O)(=O)Nc2ncns2)c1F. The van der Waals surface area contributed by atoms with E-state index in [0.29, 0.717) is 6.54 Å². The van der Waals surface area contributed by atoms with Gasteiger partial charge < -0.3 is 5.32 Å². The quantitative estimate of drug-likeness (QED) is 0.527. The fourth-order valence-electron chi connectivity index (χ4n) is 3.36. The largest absolute Gasteiger partial charge is 0.381 e. The van der Waals surface area contributed by atoms with Gasteiger partial charge in [-0.1, -0.05) is 24.3 Å². The fourth-order valence-corrected chi connectivity index (χ4v) is 5.22. The van der Waals surface area contributed by atoms with Crippen LogP contribution in [-0.2, 0) is 23.1 Å². The smallest absolute Gasteiger partial charge is 0.269 e. The van der Waals surface area contributed by atoms with Crippen LogP contribution < -0.4 is 10.0 Å². The van der Waals surface area contributed by atoms with Crippen molar-refractivity contribution in [1.29, 1.82) is 0 Å². The van der Waals surface area contributed by atoms with Crippen molar-refractivity contribution >= 4 is 32.4 Å². The first-order valence-electron chi connectivity index (χ1n) is 9.66. The van der Waals surface area contributed by atoms with Gasteiger partial charge in [0, 0.05) is 35.9 Å². The molecule has 31 heavy (non-hydrogen) atoms. The van der Waals surface area contributed by atoms with E-state index in [9.17, 15) is 17.2 Å². The average Bonchev–Trinajstić information content (AvgIpc) is 3.19. The lowest BCUT2D eigenvalue weighted by atomic mass is 10.0. The van der Waals surface area contributed by atoms with Crippen molar-refractivity contribution in [2.24, 2.45) is 0 Å². The molecule has 3 aromatic rings. The molecule has 1 aliphatic heterocycles. The molecule has 0 amide bonds. The summed E-state index contributed by atoms with van der Waals surface area (Å²) in [5.74, 6) is -2.33. The first-order chi connectivity index (χ1) is 14.8. The standard InChI is InChI=1S/C20H21F2N5O2S2/c1-13-17(23-10-14-5-2-3-6-15(14)11-27-7-4-8-27)9-16(21)19(18(13)22)31(28,29)26-20-24-12-25-30-20/h2-3,5-6,9,12,23H,4,7-8,10-11H2,1H3,(H,24,25,26). The van der Waals surface area contributed by atoms with Crippen LogP contribution >= 0.6 is 11.5 Å². The molecule has 1 aliphatic rings. The number of nitrogens with one attached hydrogen (secondary N) is 2. The molecule has 0 unspecified atom stereocenters. The average molecular weight is 466 g/mol. The highest BCUT2D eigenvalue weighted by atomic mass is 32.2. The molecule has 11 heteroatoms. The molecule has 0 saturated carbocycles. The van der Waals surface area contributed by atoms with Crippen LogP contribution in [0.3, 0.4) is 0 Å². The molecule has 1 saturated heterocycles. The Labute approximate surface area is 183 Å². The number of rotatable bonds is 8. The second-order valence-corrected chi connectivity index (χ2v) is 9.68. The minimum absolute atomic E-state index is 0.0132. The molecule has 164 valence electrons. The predicted octanol–water partition coefficient (Wildman–Crippen LogP) is 3.74. The summed E-state index contributed by atoms with van der Waals surface area (Å²) in [5.41, 5.74) is 2.38. The zero-order valence-corrected chi connectivity index (χ0v) is 18.4. The van der Waals surface area contributed by atoms with E-state index < -0.39 is 26.6 Å². The van der Waals surface area contributed by atoms with Crippen molar-refractivity contribution in [3.05, 3.63) is 65.0 Å². The Balaban J connectivity index is 1.56. The number of sulfonamides is 1. The summed E-state index contributed by atoms with van der Waals surface area (Å²) in [7, 11) is -4.49. The summed E-state index contributed by atoms with van der Waals surface area (Å²) in [6, 6.07) is 8.89. The Kier molecular flexibility index (Phi) is 6.17. The summed E-state index contributed by atoms with van der Waals surface area (Å²) < 4.78 is 60.3. The van der Waals surface area contributed by atoms with Gasteiger partial charge in [0.2, 0.25) is 5.13 Å². The lowest BCUT2D eigenvalue weighted by molar-refractivity contribution is 0.172. The number of hydrogen-bond donors (Lipinski definition) is 2. The lowest BCUT2D eigenvalue weighted by Crippen LogP contribution is -2.36. The highest BCUT2D eigenvalue weighted by Gasteiger charge is 2.28. The summed E-state index contributed by atoms with van der Waals surface area (Å²) in [5, 5.41) is 2.98. The van der Waals surface area contributed by atoms with E-state index in [-0.39, 0.29) is 16.4 Å². The van der Waals surface area contributed by atoms with Gasteiger partial charge in [-0.2, -0.15) is 4.37 Å². The van der Waals surface area contributed by atoms with Gasteiger partial charge in [-0.15, -0.1) is 0 Å². The van der Waals surface area contributed by atoms with Crippen LogP contribution in [0.25, 0.3) is 0 Å². The molecule has 1 aromatic heterocycles. The minimum atomic E-state index is -4.49. The summed E-state index contributed by atoms with van der Waals surface area (Å²) in [6.07, 6.45) is 2.34. The monoisotopic (exact) mass is 465 g/mol. The number of aromatic nitrogens is 2. The topological polar surface area (TPSA) is 87.2 Å². The highest BCUT2D eigenvalue weighted by Crippen LogP contribution is 2.30. The van der Waals surface area contributed by atoms with E-state index in [1.807, 2.05) is 29.0 Å². The molecule has 0 bridgehead atoms. The number of anilines is 2. The Morgan fingerprint density at radius 2 is 1.94 bits per heavy atom. The van der Waals surface area contributed by atoms with E-state index >= 15 is 0 Å². The van der Waals surface area contributed by atoms with Gasteiger partial charge in [0.15, 0.2) is 10.7 Å². The van der Waals surface area contributed by atoms with Crippen LogP contribution in [0.5, 0.6) is 0 Å². The lowest BCUT2D eigenvalue weighted by Gasteiger charge is -2.31. The highest BCUT2D eigenvalue weighted by molar-refractivity contribution is 7.93. The number of nitrogens with zero attached hydrogens (tertiary/aromatic N) is 3. The maximum Gasteiger partial charge on any atom is 0.269 e. The van der Waals surface area contributed by atoms with Gasteiger partial charge in [-0.25, -0.2) is 22.2 Å². The van der Waals surface area contributed by atoms with Gasteiger partial charge in [0.1, 0.15) is 12.1 Å². The first kappa shape index (κ1) is 21.6. The van der Waals surface area contributed by atoms with Crippen LogP contribution in [0.2, 0.25) is 0 Å². The van der Waals surface area contributed by atoms with Crippen molar-refractivity contribution in [3.63, 3.8) is 0 Å². The maximum absolute atomic E-state index is 14.9. The molecule has 7 nitrogen and oxygen atoms in total. The van der Waals surface area contributed by atoms with Crippen molar-refractivity contribution in [3.8, 4) is 0 Å². The van der Waals surface area contributed by atoms with E-state index in [0.717, 1.165) is 54.7 Å². The van der Waals surface area contributed by atoms with Gasteiger partial charge in [-0.3, -0.25) is 9.62 Å². The molecule has 1 fully saturated rings. The van der Waals surface area contributed by atoms with Gasteiger partial charge >= 0.3 is 0 Å². The van der Waals surface area contributed by atoms with Crippen LogP contribution in [0.1, 0.15) is 23.1 Å². The van der Waals surface area contributed by atoms with Crippen molar-refractivity contribution in [2.45, 2.75) is 31.3 Å². The second kappa shape index (κ2) is 8.85. The van der Waals surface area contributed by atoms with Crippen molar-refractivity contribution in [1.82, 2.24) is 14.3 Å². The molecular weight excluding hydrogens is 444 g/mol. The van der Waals surface area contributed by atoms with E-state index in [4.69, 9.17) is 0 Å². The van der Waals surface area contributed by atoms with Crippen molar-refractivity contribution < 1.29 is 17.2 Å². The molecule has 0 aliphatic carbocycles. The summed E-state index contributed by atoms with van der Waals surface area (Å²) in [6.45, 7) is 4.73. The zero-order chi connectivity index (χ0) is 22.0. The molecule has 2 heterocycles. The van der Waals surface area contributed by atoms with Gasteiger partial charge in [0.25, 0.3) is 10.0 Å². The Hall–Kier alpha value is -2.63. The Morgan fingerprint density at radius 3 is 2.58 bits per heavy atom. The van der Waals surface area contributed by atoms with E-state index in [2.05, 4.69) is 19.6 Å². The third-order valence-electron chi connectivity index (χ3n) is 5.20. The van der Waals surface area contributed by atoms with Gasteiger partial charge in [0.05, 0.1) is 0 Å². The fraction of sp³-hybridized carbons (Fsp3) is 0.300. The zero-order valence-electron chi connectivity index (χ0n) is 16.7. The number of likely N-dealkylation sites (tertiary alicyclic amines) is 1. The molecule has 0 atom stereocenters. The number of hydrogen-bond acceptors (Lipinski definition) is 7. The molecule has 2 aromatic carbocycles. The molecule has 2 N–H and O–H groups in total. The van der Waals surface area contributed by atoms with E-state index in [1.165, 1.54) is 13.3 Å². The van der Waals surface area contributed by atoms with E-state index in [1.54, 1.807) is 0 Å². The van der Waals surface area contributed by atoms with Crippen LogP contribution in [-0.4, -0.2) is 35.8 Å². The Bertz CT molecular complexity index is 1180.